The summed E-state index contributed by atoms with van der Waals surface area (Å²) >= 11 is 0. The largest absolute Gasteiger partial charge is 0.456 e. The highest BCUT2D eigenvalue weighted by atomic mass is 16.3. The van der Waals surface area contributed by atoms with Crippen molar-refractivity contribution in [3.63, 3.8) is 0 Å². The Hall–Kier alpha value is -8.48. The third-order valence-corrected chi connectivity index (χ3v) is 12.4. The summed E-state index contributed by atoms with van der Waals surface area (Å²) in [7, 11) is 0. The normalized spacial score (nSPS) is 11.9. The third kappa shape index (κ3) is 5.17. The molecule has 0 amide bonds. The lowest BCUT2D eigenvalue weighted by molar-refractivity contribution is 0.669. The molecule has 0 aliphatic carbocycles. The van der Waals surface area contributed by atoms with Gasteiger partial charge in [-0.3, -0.25) is 4.57 Å². The molecule has 6 heteroatoms. The lowest BCUT2D eigenvalue weighted by atomic mass is 10.0. The summed E-state index contributed by atoms with van der Waals surface area (Å²) < 4.78 is 13.4. The standard InChI is InChI=1S/C56H35N5O/c1-3-16-36(17-4-1)55-57-58-56(61(55)39-20-5-2-6-21-39)46-28-15-27-45-42-24-7-11-30-50(42)60(54(45)46)41-23-14-19-38(33-41)37-18-13-22-40(32-37)59-49-29-10-8-25-43(49)47-34-48-44-26-9-12-31-52(44)62-53(48)35-51(47)59/h1-35H. The van der Waals surface area contributed by atoms with E-state index in [4.69, 9.17) is 14.6 Å². The van der Waals surface area contributed by atoms with E-state index in [-0.39, 0.29) is 0 Å². The fraction of sp³-hybridized carbons (Fsp3) is 0. The SMILES string of the molecule is c1ccc(-c2nnc(-c3cccc4c5ccccc5n(-c5cccc(-c6cccc(-n7c8ccccc8c8cc9c(cc87)oc7ccccc79)c6)c5)c34)n2-c2ccccc2)cc1. The molecule has 4 aromatic heterocycles. The summed E-state index contributed by atoms with van der Waals surface area (Å²) in [5.74, 6) is 1.57. The zero-order valence-corrected chi connectivity index (χ0v) is 33.4. The van der Waals surface area contributed by atoms with Crippen LogP contribution in [-0.4, -0.2) is 23.9 Å². The fourth-order valence-corrected chi connectivity index (χ4v) is 9.64. The summed E-state index contributed by atoms with van der Waals surface area (Å²) in [6.45, 7) is 0. The van der Waals surface area contributed by atoms with E-state index in [1.54, 1.807) is 0 Å². The molecule has 4 heterocycles. The molecule has 0 aliphatic heterocycles. The molecule has 0 N–H and O–H groups in total. The number of fused-ring (bicyclic) bond motifs is 9. The van der Waals surface area contributed by atoms with Crippen LogP contribution >= 0.6 is 0 Å². The van der Waals surface area contributed by atoms with E-state index in [1.165, 1.54) is 16.2 Å². The van der Waals surface area contributed by atoms with Crippen LogP contribution in [0, 0.1) is 0 Å². The first-order chi connectivity index (χ1) is 30.8. The summed E-state index contributed by atoms with van der Waals surface area (Å²) in [4.78, 5) is 0. The number of benzene rings is 9. The Morgan fingerprint density at radius 3 is 1.61 bits per heavy atom. The topological polar surface area (TPSA) is 53.7 Å². The van der Waals surface area contributed by atoms with Gasteiger partial charge < -0.3 is 13.6 Å². The third-order valence-electron chi connectivity index (χ3n) is 12.4. The highest BCUT2D eigenvalue weighted by Gasteiger charge is 2.23. The smallest absolute Gasteiger partial charge is 0.171 e. The van der Waals surface area contributed by atoms with Crippen LogP contribution in [0.25, 0.3) is 117 Å². The number of nitrogens with zero attached hydrogens (tertiary/aromatic N) is 5. The Kier molecular flexibility index (Phi) is 7.50. The first kappa shape index (κ1) is 34.4. The van der Waals surface area contributed by atoms with Crippen molar-refractivity contribution < 1.29 is 4.42 Å². The lowest BCUT2D eigenvalue weighted by Crippen LogP contribution is -2.02. The molecule has 0 bridgehead atoms. The van der Waals surface area contributed by atoms with E-state index in [1.807, 2.05) is 36.4 Å². The minimum atomic E-state index is 0.777. The van der Waals surface area contributed by atoms with Gasteiger partial charge in [0.15, 0.2) is 11.6 Å². The molecule has 13 aromatic rings. The zero-order valence-electron chi connectivity index (χ0n) is 33.4. The average molecular weight is 794 g/mol. The van der Waals surface area contributed by atoms with Gasteiger partial charge in [-0.1, -0.05) is 140 Å². The Bertz CT molecular complexity index is 3870. The minimum absolute atomic E-state index is 0.777. The quantitative estimate of drug-likeness (QED) is 0.168. The van der Waals surface area contributed by atoms with Gasteiger partial charge in [0.05, 0.1) is 22.1 Å². The van der Waals surface area contributed by atoms with Crippen LogP contribution in [0.15, 0.2) is 217 Å². The maximum Gasteiger partial charge on any atom is 0.171 e. The number of aromatic nitrogens is 5. The molecule has 0 saturated carbocycles. The second-order valence-corrected chi connectivity index (χ2v) is 15.9. The van der Waals surface area contributed by atoms with Crippen molar-refractivity contribution >= 4 is 65.6 Å². The van der Waals surface area contributed by atoms with Gasteiger partial charge in [0.2, 0.25) is 0 Å². The summed E-state index contributed by atoms with van der Waals surface area (Å²) in [6, 6.07) is 75.1. The van der Waals surface area contributed by atoms with Crippen LogP contribution in [0.1, 0.15) is 0 Å². The molecule has 0 spiro atoms. The molecule has 0 unspecified atom stereocenters. The van der Waals surface area contributed by atoms with E-state index in [2.05, 4.69) is 190 Å². The van der Waals surface area contributed by atoms with E-state index >= 15 is 0 Å². The highest BCUT2D eigenvalue weighted by Crippen LogP contribution is 2.42. The second-order valence-electron chi connectivity index (χ2n) is 15.9. The number of hydrogen-bond donors (Lipinski definition) is 0. The molecule has 6 nitrogen and oxygen atoms in total. The lowest BCUT2D eigenvalue weighted by Gasteiger charge is -2.15. The predicted molar refractivity (Wildman–Crippen MR) is 254 cm³/mol. The molecule has 0 saturated heterocycles. The van der Waals surface area contributed by atoms with Crippen molar-refractivity contribution in [2.24, 2.45) is 0 Å². The first-order valence-corrected chi connectivity index (χ1v) is 20.9. The minimum Gasteiger partial charge on any atom is -0.456 e. The number of furan rings is 1. The predicted octanol–water partition coefficient (Wildman–Crippen LogP) is 14.4. The van der Waals surface area contributed by atoms with Crippen molar-refractivity contribution in [2.45, 2.75) is 0 Å². The van der Waals surface area contributed by atoms with Gasteiger partial charge in [-0.2, -0.15) is 0 Å². The monoisotopic (exact) mass is 793 g/mol. The van der Waals surface area contributed by atoms with Gasteiger partial charge in [-0.05, 0) is 77.9 Å². The van der Waals surface area contributed by atoms with Crippen molar-refractivity contribution in [1.29, 1.82) is 0 Å². The van der Waals surface area contributed by atoms with Crippen molar-refractivity contribution in [3.8, 4) is 51.0 Å². The molecule has 9 aromatic carbocycles. The van der Waals surface area contributed by atoms with Crippen molar-refractivity contribution in [1.82, 2.24) is 23.9 Å². The van der Waals surface area contributed by atoms with E-state index in [0.717, 1.165) is 100 Å². The molecule has 0 fully saturated rings. The molecule has 0 radical (unpaired) electrons. The number of rotatable bonds is 6. The number of para-hydroxylation sites is 5. The summed E-state index contributed by atoms with van der Waals surface area (Å²) in [5, 5.41) is 16.8. The van der Waals surface area contributed by atoms with Crippen LogP contribution in [-0.2, 0) is 0 Å². The molecular weight excluding hydrogens is 759 g/mol. The Balaban J connectivity index is 0.997. The van der Waals surface area contributed by atoms with Crippen LogP contribution < -0.4 is 0 Å². The van der Waals surface area contributed by atoms with E-state index in [9.17, 15) is 0 Å². The molecular formula is C56H35N5O. The summed E-state index contributed by atoms with van der Waals surface area (Å²) in [6.07, 6.45) is 0. The van der Waals surface area contributed by atoms with Gasteiger partial charge in [0.1, 0.15) is 11.2 Å². The highest BCUT2D eigenvalue weighted by molar-refractivity contribution is 6.17. The Morgan fingerprint density at radius 2 is 0.855 bits per heavy atom. The molecule has 0 atom stereocenters. The maximum atomic E-state index is 6.41. The molecule has 62 heavy (non-hydrogen) atoms. The number of hydrogen-bond acceptors (Lipinski definition) is 3. The Morgan fingerprint density at radius 1 is 0.306 bits per heavy atom. The average Bonchev–Trinajstić information content (AvgIpc) is 4.11. The zero-order chi connectivity index (χ0) is 40.7. The van der Waals surface area contributed by atoms with Crippen LogP contribution in [0.3, 0.4) is 0 Å². The maximum absolute atomic E-state index is 6.41. The van der Waals surface area contributed by atoms with Crippen molar-refractivity contribution in [3.05, 3.63) is 212 Å². The van der Waals surface area contributed by atoms with Crippen LogP contribution in [0.4, 0.5) is 0 Å². The van der Waals surface area contributed by atoms with Gasteiger partial charge in [-0.15, -0.1) is 10.2 Å². The second kappa shape index (κ2) is 13.5. The van der Waals surface area contributed by atoms with Crippen LogP contribution in [0.5, 0.6) is 0 Å². The van der Waals surface area contributed by atoms with Gasteiger partial charge in [-0.25, -0.2) is 0 Å². The molecule has 13 rings (SSSR count). The van der Waals surface area contributed by atoms with E-state index in [0.29, 0.717) is 0 Å². The molecule has 0 aliphatic rings. The molecule has 290 valence electrons. The van der Waals surface area contributed by atoms with Gasteiger partial charge in [0, 0.05) is 66.6 Å². The van der Waals surface area contributed by atoms with Crippen molar-refractivity contribution in [2.75, 3.05) is 0 Å². The van der Waals surface area contributed by atoms with E-state index < -0.39 is 0 Å². The summed E-state index contributed by atoms with van der Waals surface area (Å²) in [5.41, 5.74) is 13.6. The van der Waals surface area contributed by atoms with Gasteiger partial charge >= 0.3 is 0 Å². The first-order valence-electron chi connectivity index (χ1n) is 20.9. The fourth-order valence-electron chi connectivity index (χ4n) is 9.64. The Labute approximate surface area is 355 Å². The van der Waals surface area contributed by atoms with Gasteiger partial charge in [0.25, 0.3) is 0 Å². The van der Waals surface area contributed by atoms with Crippen LogP contribution in [0.2, 0.25) is 0 Å².